The number of phenolic OH excluding ortho intramolecular Hbond substituents is 1. The minimum absolute atomic E-state index is 0.0485. The Labute approximate surface area is 146 Å². The predicted molar refractivity (Wildman–Crippen MR) is 95.1 cm³/mol. The molecular formula is C19H19N3O3. The highest BCUT2D eigenvalue weighted by molar-refractivity contribution is 6.09. The lowest BCUT2D eigenvalue weighted by atomic mass is 10.1. The molecule has 0 aliphatic carbocycles. The second-order valence-corrected chi connectivity index (χ2v) is 5.89. The molecule has 128 valence electrons. The number of hydrogen-bond donors (Lipinski definition) is 2. The Morgan fingerprint density at radius 1 is 1.16 bits per heavy atom. The molecule has 1 aromatic carbocycles. The topological polar surface area (TPSA) is 89.5 Å². The third kappa shape index (κ3) is 4.21. The summed E-state index contributed by atoms with van der Waals surface area (Å²) in [5, 5.41) is 21.1. The van der Waals surface area contributed by atoms with Crippen molar-refractivity contribution in [2.45, 2.75) is 19.3 Å². The highest BCUT2D eigenvalue weighted by Gasteiger charge is 2.15. The van der Waals surface area contributed by atoms with E-state index >= 15 is 0 Å². The molecule has 0 atom stereocenters. The van der Waals surface area contributed by atoms with Crippen molar-refractivity contribution in [1.82, 2.24) is 0 Å². The number of rotatable bonds is 4. The van der Waals surface area contributed by atoms with Gasteiger partial charge >= 0.3 is 0 Å². The minimum Gasteiger partial charge on any atom is -0.508 e. The van der Waals surface area contributed by atoms with E-state index in [2.05, 4.69) is 10.2 Å². The van der Waals surface area contributed by atoms with E-state index in [9.17, 15) is 15.2 Å². The van der Waals surface area contributed by atoms with Gasteiger partial charge in [0, 0.05) is 30.9 Å². The maximum atomic E-state index is 12.2. The number of carbonyl (C=O) groups excluding carboxylic acids is 1. The molecule has 0 unspecified atom stereocenters. The molecule has 1 aromatic heterocycles. The van der Waals surface area contributed by atoms with Crippen LogP contribution in [0.15, 0.2) is 46.4 Å². The Hall–Kier alpha value is -3.20. The number of piperidine rings is 1. The SMILES string of the molecule is N#C/C(=C\c1ccc(N2CCCCC2)o1)C(=O)Nc1ccc(O)cc1. The Bertz CT molecular complexity index is 809. The molecule has 1 aliphatic rings. The summed E-state index contributed by atoms with van der Waals surface area (Å²) in [5.74, 6) is 0.819. The van der Waals surface area contributed by atoms with Gasteiger partial charge in [-0.1, -0.05) is 0 Å². The average Bonchev–Trinajstić information content (AvgIpc) is 3.11. The monoisotopic (exact) mass is 337 g/mol. The van der Waals surface area contributed by atoms with Crippen molar-refractivity contribution in [2.24, 2.45) is 0 Å². The molecule has 0 spiro atoms. The first kappa shape index (κ1) is 16.7. The number of aromatic hydroxyl groups is 1. The van der Waals surface area contributed by atoms with Crippen LogP contribution in [0.5, 0.6) is 5.75 Å². The van der Waals surface area contributed by atoms with Crippen LogP contribution in [0.3, 0.4) is 0 Å². The highest BCUT2D eigenvalue weighted by atomic mass is 16.4. The van der Waals surface area contributed by atoms with Gasteiger partial charge in [-0.25, -0.2) is 0 Å². The van der Waals surface area contributed by atoms with Gasteiger partial charge in [-0.05, 0) is 49.6 Å². The predicted octanol–water partition coefficient (Wildman–Crippen LogP) is 3.52. The third-order valence-corrected chi connectivity index (χ3v) is 4.06. The van der Waals surface area contributed by atoms with Crippen LogP contribution in [0.25, 0.3) is 6.08 Å². The summed E-state index contributed by atoms with van der Waals surface area (Å²) in [6, 6.07) is 11.6. The number of amides is 1. The van der Waals surface area contributed by atoms with E-state index in [0.29, 0.717) is 11.4 Å². The van der Waals surface area contributed by atoms with Crippen LogP contribution in [0, 0.1) is 11.3 Å². The van der Waals surface area contributed by atoms with Gasteiger partial charge in [-0.2, -0.15) is 5.26 Å². The standard InChI is InChI=1S/C19H19N3O3/c20-13-14(19(24)21-15-4-6-16(23)7-5-15)12-17-8-9-18(25-17)22-10-2-1-3-11-22/h4-9,12,23H,1-3,10-11H2,(H,21,24)/b14-12+. The molecule has 0 bridgehead atoms. The summed E-state index contributed by atoms with van der Waals surface area (Å²) in [6.45, 7) is 1.92. The zero-order valence-corrected chi connectivity index (χ0v) is 13.7. The van der Waals surface area contributed by atoms with Crippen molar-refractivity contribution in [3.05, 3.63) is 47.7 Å². The summed E-state index contributed by atoms with van der Waals surface area (Å²) in [7, 11) is 0. The fourth-order valence-corrected chi connectivity index (χ4v) is 2.74. The van der Waals surface area contributed by atoms with Gasteiger partial charge in [0.25, 0.3) is 5.91 Å². The maximum Gasteiger partial charge on any atom is 0.266 e. The summed E-state index contributed by atoms with van der Waals surface area (Å²) in [6.07, 6.45) is 4.96. The molecule has 2 aromatic rings. The fourth-order valence-electron chi connectivity index (χ4n) is 2.74. The summed E-state index contributed by atoms with van der Waals surface area (Å²) < 4.78 is 5.76. The number of nitrogens with one attached hydrogen (secondary N) is 1. The van der Waals surface area contributed by atoms with Crippen LogP contribution < -0.4 is 10.2 Å². The van der Waals surface area contributed by atoms with Crippen molar-refractivity contribution in [3.8, 4) is 11.8 Å². The third-order valence-electron chi connectivity index (χ3n) is 4.06. The number of hydrogen-bond acceptors (Lipinski definition) is 5. The Kier molecular flexibility index (Phi) is 5.05. The van der Waals surface area contributed by atoms with Crippen LogP contribution >= 0.6 is 0 Å². The van der Waals surface area contributed by atoms with Crippen molar-refractivity contribution < 1.29 is 14.3 Å². The van der Waals surface area contributed by atoms with Crippen molar-refractivity contribution in [1.29, 1.82) is 5.26 Å². The van der Waals surface area contributed by atoms with Crippen LogP contribution in [0.4, 0.5) is 11.6 Å². The number of furan rings is 1. The second kappa shape index (κ2) is 7.58. The molecule has 6 nitrogen and oxygen atoms in total. The van der Waals surface area contributed by atoms with E-state index in [-0.39, 0.29) is 11.3 Å². The summed E-state index contributed by atoms with van der Waals surface area (Å²) in [5.41, 5.74) is 0.449. The van der Waals surface area contributed by atoms with E-state index in [1.807, 2.05) is 12.1 Å². The van der Waals surface area contributed by atoms with Gasteiger partial charge in [0.05, 0.1) is 0 Å². The van der Waals surface area contributed by atoms with E-state index in [1.54, 1.807) is 18.2 Å². The molecule has 2 N–H and O–H groups in total. The zero-order valence-electron chi connectivity index (χ0n) is 13.7. The molecule has 25 heavy (non-hydrogen) atoms. The lowest BCUT2D eigenvalue weighted by Gasteiger charge is -2.25. The number of anilines is 2. The Morgan fingerprint density at radius 2 is 1.88 bits per heavy atom. The first-order chi connectivity index (χ1) is 12.2. The van der Waals surface area contributed by atoms with Gasteiger partial charge in [-0.3, -0.25) is 4.79 Å². The Balaban J connectivity index is 1.71. The quantitative estimate of drug-likeness (QED) is 0.506. The van der Waals surface area contributed by atoms with Crippen LogP contribution in [0.2, 0.25) is 0 Å². The molecule has 1 aliphatic heterocycles. The van der Waals surface area contributed by atoms with Crippen molar-refractivity contribution >= 4 is 23.6 Å². The van der Waals surface area contributed by atoms with Crippen molar-refractivity contribution in [3.63, 3.8) is 0 Å². The largest absolute Gasteiger partial charge is 0.508 e. The van der Waals surface area contributed by atoms with Gasteiger partial charge in [0.15, 0.2) is 5.88 Å². The first-order valence-corrected chi connectivity index (χ1v) is 8.23. The highest BCUT2D eigenvalue weighted by Crippen LogP contribution is 2.24. The van der Waals surface area contributed by atoms with E-state index in [0.717, 1.165) is 31.8 Å². The second-order valence-electron chi connectivity index (χ2n) is 5.89. The molecule has 1 fully saturated rings. The lowest BCUT2D eigenvalue weighted by Crippen LogP contribution is -2.28. The zero-order chi connectivity index (χ0) is 17.6. The molecule has 2 heterocycles. The van der Waals surface area contributed by atoms with Crippen LogP contribution in [-0.2, 0) is 4.79 Å². The molecule has 6 heteroatoms. The number of carbonyl (C=O) groups is 1. The molecule has 1 amide bonds. The fraction of sp³-hybridized carbons (Fsp3) is 0.263. The van der Waals surface area contributed by atoms with Gasteiger partial charge in [0.1, 0.15) is 23.2 Å². The normalized spacial score (nSPS) is 14.8. The molecular weight excluding hydrogens is 318 g/mol. The van der Waals surface area contributed by atoms with Gasteiger partial charge in [-0.15, -0.1) is 0 Å². The van der Waals surface area contributed by atoms with Crippen molar-refractivity contribution in [2.75, 3.05) is 23.3 Å². The van der Waals surface area contributed by atoms with Crippen LogP contribution in [0.1, 0.15) is 25.0 Å². The van der Waals surface area contributed by atoms with E-state index in [4.69, 9.17) is 4.42 Å². The average molecular weight is 337 g/mol. The summed E-state index contributed by atoms with van der Waals surface area (Å²) >= 11 is 0. The molecule has 1 saturated heterocycles. The molecule has 0 saturated carbocycles. The van der Waals surface area contributed by atoms with Crippen LogP contribution in [-0.4, -0.2) is 24.1 Å². The number of nitriles is 1. The van der Waals surface area contributed by atoms with E-state index in [1.165, 1.54) is 24.6 Å². The molecule has 3 rings (SSSR count). The number of benzene rings is 1. The maximum absolute atomic E-state index is 12.2. The lowest BCUT2D eigenvalue weighted by molar-refractivity contribution is -0.112. The summed E-state index contributed by atoms with van der Waals surface area (Å²) in [4.78, 5) is 14.4. The van der Waals surface area contributed by atoms with Gasteiger partial charge < -0.3 is 19.7 Å². The number of nitrogens with zero attached hydrogens (tertiary/aromatic N) is 2. The first-order valence-electron chi connectivity index (χ1n) is 8.23. The minimum atomic E-state index is -0.524. The molecule has 0 radical (unpaired) electrons. The van der Waals surface area contributed by atoms with Gasteiger partial charge in [0.2, 0.25) is 0 Å². The number of phenols is 1. The Morgan fingerprint density at radius 3 is 2.56 bits per heavy atom. The smallest absolute Gasteiger partial charge is 0.266 e. The van der Waals surface area contributed by atoms with E-state index < -0.39 is 5.91 Å².